The van der Waals surface area contributed by atoms with Crippen molar-refractivity contribution in [2.45, 2.75) is 63.8 Å². The predicted octanol–water partition coefficient (Wildman–Crippen LogP) is 1.90. The van der Waals surface area contributed by atoms with Crippen LogP contribution in [0.5, 0.6) is 11.5 Å². The molecule has 0 atom stereocenters. The zero-order chi connectivity index (χ0) is 56.7. The highest BCUT2D eigenvalue weighted by Gasteiger charge is 2.61. The van der Waals surface area contributed by atoms with E-state index in [9.17, 15) is 39.0 Å². The molecule has 4 saturated carbocycles. The minimum absolute atomic E-state index is 0.0696. The number of methoxy groups -OCH3 is 2. The molecule has 2 aromatic carbocycles. The third kappa shape index (κ3) is 15.8. The van der Waals surface area contributed by atoms with Gasteiger partial charge in [0, 0.05) is 71.5 Å². The van der Waals surface area contributed by atoms with Crippen LogP contribution >= 0.6 is 0 Å². The summed E-state index contributed by atoms with van der Waals surface area (Å²) in [6, 6.07) is 12.6. The molecule has 1 aromatic heterocycles. The first-order valence-corrected chi connectivity index (χ1v) is 27.0. The number of hydrogen-bond acceptors (Lipinski definition) is 15. The maximum Gasteiger partial charge on any atom is 0.317 e. The largest absolute Gasteiger partial charge is 0.496 e. The van der Waals surface area contributed by atoms with Gasteiger partial charge in [0.15, 0.2) is 5.69 Å². The minimum Gasteiger partial charge on any atom is -0.496 e. The number of benzene rings is 2. The second kappa shape index (κ2) is 28.3. The number of rotatable bonds is 33. The average molecular weight is 1090 g/mol. The second-order valence-electron chi connectivity index (χ2n) is 21.5. The fourth-order valence-corrected chi connectivity index (χ4v) is 11.7. The SMILES string of the molecule is COc1cccc(OC)c1-c1cc(C(=O)NC2(C(=O)NCCNC(=O)CNCCN(CCN(CCNCC(=O)O)CC(=O)O)CC(=O)O)C3CC4CC(C3)CC2C4)nn1-c1ccc(C(=O)N(C)CCCN(C)C)cc1C(C)C. The topological polar surface area (TPSA) is 290 Å². The van der Waals surface area contributed by atoms with Gasteiger partial charge in [-0.05, 0) is 131 Å². The van der Waals surface area contributed by atoms with Crippen LogP contribution in [0.2, 0.25) is 0 Å². The van der Waals surface area contributed by atoms with Gasteiger partial charge in [0.2, 0.25) is 11.8 Å². The van der Waals surface area contributed by atoms with E-state index in [-0.39, 0.29) is 120 Å². The van der Waals surface area contributed by atoms with Crippen molar-refractivity contribution < 1.29 is 58.4 Å². The normalized spacial score (nSPS) is 19.3. The minimum atomic E-state index is -1.24. The fourth-order valence-electron chi connectivity index (χ4n) is 11.7. The summed E-state index contributed by atoms with van der Waals surface area (Å²) in [7, 11) is 8.92. The number of amides is 4. The molecule has 0 aliphatic heterocycles. The zero-order valence-corrected chi connectivity index (χ0v) is 46.3. The maximum atomic E-state index is 15.0. The first-order chi connectivity index (χ1) is 37.2. The quantitative estimate of drug-likeness (QED) is 0.0404. The summed E-state index contributed by atoms with van der Waals surface area (Å²) in [5, 5.41) is 47.7. The van der Waals surface area contributed by atoms with Gasteiger partial charge in [-0.3, -0.25) is 43.4 Å². The van der Waals surface area contributed by atoms with Gasteiger partial charge >= 0.3 is 17.9 Å². The Morgan fingerprint density at radius 2 is 1.28 bits per heavy atom. The highest BCUT2D eigenvalue weighted by atomic mass is 16.5. The molecule has 1 heterocycles. The summed E-state index contributed by atoms with van der Waals surface area (Å²) in [6.45, 7) is 6.11. The van der Waals surface area contributed by atoms with Crippen LogP contribution < -0.4 is 36.1 Å². The van der Waals surface area contributed by atoms with Crippen LogP contribution in [-0.4, -0.2) is 219 Å². The van der Waals surface area contributed by atoms with E-state index in [2.05, 4.69) is 31.5 Å². The average Bonchev–Trinajstić information content (AvgIpc) is 3.99. The third-order valence-corrected chi connectivity index (χ3v) is 15.3. The summed E-state index contributed by atoms with van der Waals surface area (Å²) < 4.78 is 13.5. The first kappa shape index (κ1) is 60.6. The van der Waals surface area contributed by atoms with Crippen molar-refractivity contribution in [2.24, 2.45) is 23.7 Å². The predicted molar refractivity (Wildman–Crippen MR) is 291 cm³/mol. The van der Waals surface area contributed by atoms with Crippen molar-refractivity contribution in [1.29, 1.82) is 0 Å². The van der Waals surface area contributed by atoms with Crippen molar-refractivity contribution in [3.63, 3.8) is 0 Å². The molecule has 4 amide bonds. The molecular formula is C55H81N11O12. The molecule has 0 saturated heterocycles. The molecule has 0 unspecified atom stereocenters. The van der Waals surface area contributed by atoms with E-state index in [4.69, 9.17) is 19.7 Å². The molecule has 23 heteroatoms. The number of ether oxygens (including phenoxy) is 2. The van der Waals surface area contributed by atoms with Gasteiger partial charge in [-0.15, -0.1) is 0 Å². The number of carbonyl (C=O) groups excluding carboxylic acids is 4. The lowest BCUT2D eigenvalue weighted by atomic mass is 9.48. The Morgan fingerprint density at radius 1 is 0.705 bits per heavy atom. The molecule has 4 aliphatic carbocycles. The standard InChI is InChI=1S/C55H81N11O12/c1-35(2)41-29-38(53(75)63(5)19-9-18-62(3)4)12-13-43(41)66-44(51-45(77-6)10-8-11-46(51)78-7)30-42(61-66)52(74)60-55(39-25-36-24-37(27-39)28-40(55)26-36)54(76)59-15-14-58-47(67)31-56-16-20-64(33-49(70)71)22-23-65(34-50(72)73)21-17-57-32-48(68)69/h8,10-13,29-30,35-37,39-40,56-57H,9,14-28,31-34H2,1-7H3,(H,58,67)(H,59,76)(H,60,74)(H,68,69)(H,70,71)(H,72,73). The van der Waals surface area contributed by atoms with Gasteiger partial charge in [-0.2, -0.15) is 5.10 Å². The van der Waals surface area contributed by atoms with E-state index in [0.29, 0.717) is 52.4 Å². The van der Waals surface area contributed by atoms with Gasteiger partial charge in [0.1, 0.15) is 17.0 Å². The number of carbonyl (C=O) groups is 7. The van der Waals surface area contributed by atoms with Gasteiger partial charge in [-0.25, -0.2) is 4.68 Å². The molecule has 428 valence electrons. The summed E-state index contributed by atoms with van der Waals surface area (Å²) >= 11 is 0. The lowest BCUT2D eigenvalue weighted by Gasteiger charge is -2.60. The first-order valence-electron chi connectivity index (χ1n) is 27.0. The Morgan fingerprint density at radius 3 is 1.82 bits per heavy atom. The number of hydrogen-bond donors (Lipinski definition) is 8. The summed E-state index contributed by atoms with van der Waals surface area (Å²) in [6.07, 6.45) is 5.12. The number of nitrogens with zero attached hydrogens (tertiary/aromatic N) is 6. The van der Waals surface area contributed by atoms with Crippen molar-refractivity contribution in [3.05, 3.63) is 59.3 Å². The van der Waals surface area contributed by atoms with Gasteiger partial charge < -0.3 is 61.2 Å². The molecule has 0 radical (unpaired) electrons. The van der Waals surface area contributed by atoms with Gasteiger partial charge in [0.05, 0.1) is 57.3 Å². The van der Waals surface area contributed by atoms with Crippen LogP contribution in [0.25, 0.3) is 16.9 Å². The van der Waals surface area contributed by atoms with E-state index in [1.807, 2.05) is 46.1 Å². The van der Waals surface area contributed by atoms with Crippen LogP contribution in [-0.2, 0) is 24.0 Å². The summed E-state index contributed by atoms with van der Waals surface area (Å²) in [5.41, 5.74) is 1.90. The lowest BCUT2D eigenvalue weighted by Crippen LogP contribution is -2.72. The highest BCUT2D eigenvalue weighted by Crippen LogP contribution is 2.58. The molecule has 0 spiro atoms. The molecule has 23 nitrogen and oxygen atoms in total. The summed E-state index contributed by atoms with van der Waals surface area (Å²) in [4.78, 5) is 97.5. The highest BCUT2D eigenvalue weighted by molar-refractivity contribution is 6.00. The molecule has 7 rings (SSSR count). The molecule has 8 N–H and O–H groups in total. The van der Waals surface area contributed by atoms with Crippen molar-refractivity contribution in [2.75, 3.05) is 127 Å². The lowest BCUT2D eigenvalue weighted by molar-refractivity contribution is -0.145. The smallest absolute Gasteiger partial charge is 0.317 e. The molecule has 78 heavy (non-hydrogen) atoms. The Bertz CT molecular complexity index is 2540. The number of nitrogens with one attached hydrogen (secondary N) is 5. The molecule has 4 fully saturated rings. The number of aliphatic carboxylic acids is 3. The maximum absolute atomic E-state index is 15.0. The van der Waals surface area contributed by atoms with E-state index >= 15 is 4.79 Å². The van der Waals surface area contributed by atoms with Crippen LogP contribution in [0, 0.1) is 23.7 Å². The van der Waals surface area contributed by atoms with Crippen LogP contribution in [0.15, 0.2) is 42.5 Å². The Hall–Kier alpha value is -6.66. The van der Waals surface area contributed by atoms with Gasteiger partial charge in [-0.1, -0.05) is 19.9 Å². The summed E-state index contributed by atoms with van der Waals surface area (Å²) in [5.74, 6) is -2.89. The molecule has 3 aromatic rings. The number of carboxylic acids is 3. The number of carboxylic acid groups (broad SMARTS) is 3. The van der Waals surface area contributed by atoms with Crippen molar-refractivity contribution in [1.82, 2.24) is 56.0 Å². The van der Waals surface area contributed by atoms with E-state index < -0.39 is 29.4 Å². The Labute approximate surface area is 456 Å². The van der Waals surface area contributed by atoms with Crippen molar-refractivity contribution in [3.8, 4) is 28.4 Å². The fraction of sp³-hybridized carbons (Fsp3) is 0.600. The molecule has 4 bridgehead atoms. The van der Waals surface area contributed by atoms with Crippen LogP contribution in [0.3, 0.4) is 0 Å². The zero-order valence-electron chi connectivity index (χ0n) is 46.3. The Balaban J connectivity index is 1.15. The second-order valence-corrected chi connectivity index (χ2v) is 21.5. The van der Waals surface area contributed by atoms with Gasteiger partial charge in [0.25, 0.3) is 11.8 Å². The monoisotopic (exact) mass is 1090 g/mol. The third-order valence-electron chi connectivity index (χ3n) is 15.3. The van der Waals surface area contributed by atoms with E-state index in [1.165, 1.54) is 0 Å². The molecular weight excluding hydrogens is 1010 g/mol. The van der Waals surface area contributed by atoms with E-state index in [0.717, 1.165) is 50.6 Å². The molecule has 4 aliphatic rings. The van der Waals surface area contributed by atoms with Crippen LogP contribution in [0.4, 0.5) is 0 Å². The van der Waals surface area contributed by atoms with E-state index in [1.54, 1.807) is 64.9 Å². The number of aromatic nitrogens is 2. The van der Waals surface area contributed by atoms with Crippen molar-refractivity contribution >= 4 is 41.5 Å². The Kier molecular flexibility index (Phi) is 22.0. The van der Waals surface area contributed by atoms with Crippen LogP contribution in [0.1, 0.15) is 84.7 Å².